The third-order valence-electron chi connectivity index (χ3n) is 3.97. The molecule has 2 N–H and O–H groups in total. The monoisotopic (exact) mass is 367 g/mol. The van der Waals surface area contributed by atoms with Crippen molar-refractivity contribution < 1.29 is 15.0 Å². The van der Waals surface area contributed by atoms with E-state index in [9.17, 15) is 15.0 Å². The molecule has 1 aromatic carbocycles. The molecule has 0 spiro atoms. The number of carboxylic acid groups (broad SMARTS) is 1. The predicted octanol–water partition coefficient (Wildman–Crippen LogP) is 5.10. The lowest BCUT2D eigenvalue weighted by Crippen LogP contribution is -2.13. The zero-order chi connectivity index (χ0) is 16.1. The van der Waals surface area contributed by atoms with E-state index in [0.717, 1.165) is 41.1 Å². The molecule has 0 saturated heterocycles. The number of aromatic nitrogens is 1. The van der Waals surface area contributed by atoms with Crippen molar-refractivity contribution in [2.45, 2.75) is 51.5 Å². The minimum Gasteiger partial charge on any atom is -0.506 e. The second-order valence-corrected chi connectivity index (χ2v) is 6.60. The zero-order valence-corrected chi connectivity index (χ0v) is 14.3. The van der Waals surface area contributed by atoms with Gasteiger partial charge in [-0.15, -0.1) is 0 Å². The smallest absolute Gasteiger partial charge is 0.305 e. The summed E-state index contributed by atoms with van der Waals surface area (Å²) in [6, 6.07) is 5.56. The molecule has 0 radical (unpaired) electrons. The highest BCUT2D eigenvalue weighted by molar-refractivity contribution is 9.10. The highest BCUT2D eigenvalue weighted by Crippen LogP contribution is 2.34. The molecule has 0 saturated carbocycles. The summed E-state index contributed by atoms with van der Waals surface area (Å²) in [6.45, 7) is 2.16. The van der Waals surface area contributed by atoms with Crippen LogP contribution in [0.15, 0.2) is 28.9 Å². The average Bonchev–Trinajstić information content (AvgIpc) is 2.79. The average molecular weight is 368 g/mol. The molecule has 2 aromatic rings. The van der Waals surface area contributed by atoms with Gasteiger partial charge < -0.3 is 14.8 Å². The van der Waals surface area contributed by atoms with Crippen molar-refractivity contribution in [1.29, 1.82) is 0 Å². The number of rotatable bonds is 8. The number of fused-ring (bicyclic) bond motifs is 1. The number of halogens is 1. The van der Waals surface area contributed by atoms with Gasteiger partial charge in [0.25, 0.3) is 0 Å². The maximum Gasteiger partial charge on any atom is 0.305 e. The summed E-state index contributed by atoms with van der Waals surface area (Å²) in [5.41, 5.74) is 0.877. The minimum atomic E-state index is -0.807. The van der Waals surface area contributed by atoms with E-state index in [1.54, 1.807) is 6.20 Å². The van der Waals surface area contributed by atoms with E-state index < -0.39 is 5.97 Å². The van der Waals surface area contributed by atoms with Crippen molar-refractivity contribution >= 4 is 32.8 Å². The van der Waals surface area contributed by atoms with Crippen LogP contribution < -0.4 is 0 Å². The molecule has 0 aliphatic carbocycles. The van der Waals surface area contributed by atoms with Crippen LogP contribution in [0.5, 0.6) is 5.75 Å². The van der Waals surface area contributed by atoms with E-state index in [2.05, 4.69) is 22.9 Å². The number of carboxylic acids is 1. The normalized spacial score (nSPS) is 12.6. The molecule has 0 fully saturated rings. The Bertz CT molecular complexity index is 651. The van der Waals surface area contributed by atoms with E-state index in [1.807, 2.05) is 22.8 Å². The Morgan fingerprint density at radius 3 is 2.77 bits per heavy atom. The van der Waals surface area contributed by atoms with Crippen LogP contribution in [0.2, 0.25) is 0 Å². The van der Waals surface area contributed by atoms with Crippen molar-refractivity contribution in [3.63, 3.8) is 0 Å². The first kappa shape index (κ1) is 16.9. The van der Waals surface area contributed by atoms with Crippen molar-refractivity contribution in [1.82, 2.24) is 4.57 Å². The summed E-state index contributed by atoms with van der Waals surface area (Å²) in [6.07, 6.45) is 6.99. The molecule has 4 nitrogen and oxygen atoms in total. The van der Waals surface area contributed by atoms with Crippen molar-refractivity contribution in [3.05, 3.63) is 28.9 Å². The summed E-state index contributed by atoms with van der Waals surface area (Å²) >= 11 is 3.40. The van der Waals surface area contributed by atoms with Gasteiger partial charge in [0.1, 0.15) is 5.75 Å². The van der Waals surface area contributed by atoms with E-state index in [0.29, 0.717) is 0 Å². The molecule has 22 heavy (non-hydrogen) atoms. The van der Waals surface area contributed by atoms with Gasteiger partial charge in [0.15, 0.2) is 0 Å². The Kier molecular flexibility index (Phi) is 5.89. The molecule has 0 aliphatic rings. The third-order valence-corrected chi connectivity index (χ3v) is 4.46. The molecule has 1 heterocycles. The van der Waals surface area contributed by atoms with Crippen LogP contribution in [0.3, 0.4) is 0 Å². The Morgan fingerprint density at radius 1 is 1.32 bits per heavy atom. The molecule has 0 aliphatic heterocycles. The molecule has 5 heteroatoms. The largest absolute Gasteiger partial charge is 0.506 e. The Labute approximate surface area is 138 Å². The van der Waals surface area contributed by atoms with E-state index >= 15 is 0 Å². The highest BCUT2D eigenvalue weighted by Gasteiger charge is 2.19. The summed E-state index contributed by atoms with van der Waals surface area (Å²) in [5, 5.41) is 20.1. The topological polar surface area (TPSA) is 62.5 Å². The van der Waals surface area contributed by atoms with Crippen LogP contribution in [0, 0.1) is 0 Å². The first-order valence-electron chi connectivity index (χ1n) is 7.73. The van der Waals surface area contributed by atoms with Crippen molar-refractivity contribution in [2.24, 2.45) is 0 Å². The van der Waals surface area contributed by atoms with Crippen molar-refractivity contribution in [2.75, 3.05) is 0 Å². The lowest BCUT2D eigenvalue weighted by atomic mass is 10.0. The molecule has 1 aromatic heterocycles. The van der Waals surface area contributed by atoms with Gasteiger partial charge in [-0.25, -0.2) is 0 Å². The minimum absolute atomic E-state index is 0.0748. The molecule has 0 amide bonds. The van der Waals surface area contributed by atoms with Gasteiger partial charge in [0.2, 0.25) is 0 Å². The van der Waals surface area contributed by atoms with Crippen molar-refractivity contribution in [3.8, 4) is 5.75 Å². The maximum atomic E-state index is 11.2. The fourth-order valence-corrected chi connectivity index (χ4v) is 3.22. The molecule has 2 rings (SSSR count). The van der Waals surface area contributed by atoms with Gasteiger partial charge in [-0.3, -0.25) is 4.79 Å². The molecular weight excluding hydrogens is 346 g/mol. The second kappa shape index (κ2) is 7.68. The quantitative estimate of drug-likeness (QED) is 0.638. The number of hydrogen-bond acceptors (Lipinski definition) is 2. The Balaban J connectivity index is 2.28. The van der Waals surface area contributed by atoms with Crippen LogP contribution in [-0.4, -0.2) is 20.7 Å². The number of benzene rings is 1. The first-order chi connectivity index (χ1) is 10.5. The number of nitrogens with zero attached hydrogens (tertiary/aromatic N) is 1. The molecule has 1 atom stereocenters. The van der Waals surface area contributed by atoms with Gasteiger partial charge in [-0.2, -0.15) is 0 Å². The van der Waals surface area contributed by atoms with Crippen LogP contribution in [0.25, 0.3) is 10.9 Å². The van der Waals surface area contributed by atoms with Crippen LogP contribution in [-0.2, 0) is 4.79 Å². The SMILES string of the molecule is CCCCCCC(CC(=O)O)n1cc(O)c2cc(Br)ccc21. The standard InChI is InChI=1S/C17H22BrNO3/c1-2-3-4-5-6-13(10-17(21)22)19-11-16(20)14-9-12(18)7-8-15(14)19/h7-9,11,13,20H,2-6,10H2,1H3,(H,21,22). The van der Waals surface area contributed by atoms with Crippen LogP contribution in [0.1, 0.15) is 51.5 Å². The number of carbonyl (C=O) groups is 1. The van der Waals surface area contributed by atoms with Gasteiger partial charge in [-0.05, 0) is 24.6 Å². The maximum absolute atomic E-state index is 11.2. The fraction of sp³-hybridized carbons (Fsp3) is 0.471. The van der Waals surface area contributed by atoms with Gasteiger partial charge >= 0.3 is 5.97 Å². The molecule has 0 bridgehead atoms. The Hall–Kier alpha value is -1.49. The second-order valence-electron chi connectivity index (χ2n) is 5.68. The first-order valence-corrected chi connectivity index (χ1v) is 8.53. The fourth-order valence-electron chi connectivity index (χ4n) is 2.86. The summed E-state index contributed by atoms with van der Waals surface area (Å²) < 4.78 is 2.81. The molecule has 120 valence electrons. The summed E-state index contributed by atoms with van der Waals surface area (Å²) in [7, 11) is 0. The number of hydrogen-bond donors (Lipinski definition) is 2. The number of aliphatic carboxylic acids is 1. The third kappa shape index (κ3) is 4.03. The lowest BCUT2D eigenvalue weighted by molar-refractivity contribution is -0.137. The lowest BCUT2D eigenvalue weighted by Gasteiger charge is -2.18. The predicted molar refractivity (Wildman–Crippen MR) is 91.4 cm³/mol. The summed E-state index contributed by atoms with van der Waals surface area (Å²) in [5.74, 6) is -0.612. The summed E-state index contributed by atoms with van der Waals surface area (Å²) in [4.78, 5) is 11.2. The van der Waals surface area contributed by atoms with Gasteiger partial charge in [0, 0.05) is 22.1 Å². The number of unbranched alkanes of at least 4 members (excludes halogenated alkanes) is 3. The zero-order valence-electron chi connectivity index (χ0n) is 12.8. The molecule has 1 unspecified atom stereocenters. The van der Waals surface area contributed by atoms with E-state index in [1.165, 1.54) is 6.42 Å². The van der Waals surface area contributed by atoms with Gasteiger partial charge in [0.05, 0.1) is 11.9 Å². The molecular formula is C17H22BrNO3. The highest BCUT2D eigenvalue weighted by atomic mass is 79.9. The van der Waals surface area contributed by atoms with Crippen LogP contribution >= 0.6 is 15.9 Å². The van der Waals surface area contributed by atoms with E-state index in [4.69, 9.17) is 0 Å². The van der Waals surface area contributed by atoms with E-state index in [-0.39, 0.29) is 18.2 Å². The van der Waals surface area contributed by atoms with Crippen LogP contribution in [0.4, 0.5) is 0 Å². The Morgan fingerprint density at radius 2 is 2.09 bits per heavy atom. The number of aromatic hydroxyl groups is 1. The van der Waals surface area contributed by atoms with Gasteiger partial charge in [-0.1, -0.05) is 48.5 Å².